The fourth-order valence-electron chi connectivity index (χ4n) is 1.34. The molecule has 0 aromatic heterocycles. The lowest BCUT2D eigenvalue weighted by Gasteiger charge is -2.07. The van der Waals surface area contributed by atoms with Crippen molar-refractivity contribution in [2.45, 2.75) is 32.2 Å². The largest absolute Gasteiger partial charge is 0.327 e. The van der Waals surface area contributed by atoms with Crippen molar-refractivity contribution in [3.63, 3.8) is 0 Å². The predicted octanol–water partition coefficient (Wildman–Crippen LogP) is 2.69. The minimum atomic E-state index is 0.00736. The van der Waals surface area contributed by atoms with E-state index in [1.165, 1.54) is 0 Å². The molecule has 0 fully saturated rings. The second-order valence-corrected chi connectivity index (χ2v) is 4.63. The van der Waals surface area contributed by atoms with Gasteiger partial charge in [0.15, 0.2) is 0 Å². The number of rotatable bonds is 5. The SMILES string of the molecule is CCC(N)CC(=O)Cc1ccc(Br)cc1. The Hall–Kier alpha value is -0.670. The molecule has 1 rings (SSSR count). The summed E-state index contributed by atoms with van der Waals surface area (Å²) in [5.74, 6) is 0.215. The Morgan fingerprint density at radius 2 is 2.00 bits per heavy atom. The van der Waals surface area contributed by atoms with E-state index in [-0.39, 0.29) is 11.8 Å². The summed E-state index contributed by atoms with van der Waals surface area (Å²) in [6.45, 7) is 2.00. The Bertz CT molecular complexity index is 321. The van der Waals surface area contributed by atoms with Gasteiger partial charge < -0.3 is 5.73 Å². The van der Waals surface area contributed by atoms with Gasteiger partial charge in [0.2, 0.25) is 0 Å². The highest BCUT2D eigenvalue weighted by Gasteiger charge is 2.08. The number of benzene rings is 1. The molecule has 0 heterocycles. The fraction of sp³-hybridized carbons (Fsp3) is 0.417. The molecular formula is C12H16BrNO. The van der Waals surface area contributed by atoms with Gasteiger partial charge in [-0.1, -0.05) is 35.0 Å². The van der Waals surface area contributed by atoms with Crippen LogP contribution in [0.15, 0.2) is 28.7 Å². The maximum atomic E-state index is 11.6. The molecule has 0 aliphatic rings. The summed E-state index contributed by atoms with van der Waals surface area (Å²) in [6.07, 6.45) is 1.82. The van der Waals surface area contributed by atoms with E-state index in [0.717, 1.165) is 16.5 Å². The first-order chi connectivity index (χ1) is 7.11. The van der Waals surface area contributed by atoms with Crippen molar-refractivity contribution in [2.24, 2.45) is 5.73 Å². The summed E-state index contributed by atoms with van der Waals surface area (Å²) in [7, 11) is 0. The number of hydrogen-bond donors (Lipinski definition) is 1. The van der Waals surface area contributed by atoms with Gasteiger partial charge >= 0.3 is 0 Å². The van der Waals surface area contributed by atoms with Crippen molar-refractivity contribution in [3.8, 4) is 0 Å². The Morgan fingerprint density at radius 3 is 2.53 bits per heavy atom. The second kappa shape index (κ2) is 6.03. The Labute approximate surface area is 99.0 Å². The number of hydrogen-bond acceptors (Lipinski definition) is 2. The number of halogens is 1. The van der Waals surface area contributed by atoms with Gasteiger partial charge in [-0.3, -0.25) is 4.79 Å². The monoisotopic (exact) mass is 269 g/mol. The number of carbonyl (C=O) groups excluding carboxylic acids is 1. The van der Waals surface area contributed by atoms with Crippen LogP contribution in [0, 0.1) is 0 Å². The Morgan fingerprint density at radius 1 is 1.40 bits per heavy atom. The summed E-state index contributed by atoms with van der Waals surface area (Å²) in [6, 6.07) is 7.82. The van der Waals surface area contributed by atoms with Crippen LogP contribution in [-0.2, 0) is 11.2 Å². The van der Waals surface area contributed by atoms with E-state index in [1.54, 1.807) is 0 Å². The molecule has 82 valence electrons. The van der Waals surface area contributed by atoms with Crippen LogP contribution in [0.5, 0.6) is 0 Å². The van der Waals surface area contributed by atoms with Crippen LogP contribution in [0.4, 0.5) is 0 Å². The van der Waals surface area contributed by atoms with Crippen LogP contribution in [0.3, 0.4) is 0 Å². The Kier molecular flexibility index (Phi) is 4.99. The number of nitrogens with two attached hydrogens (primary N) is 1. The molecule has 0 amide bonds. The molecular weight excluding hydrogens is 254 g/mol. The van der Waals surface area contributed by atoms with Gasteiger partial charge in [-0.05, 0) is 24.1 Å². The minimum Gasteiger partial charge on any atom is -0.327 e. The van der Waals surface area contributed by atoms with Crippen molar-refractivity contribution in [1.82, 2.24) is 0 Å². The minimum absolute atomic E-state index is 0.00736. The topological polar surface area (TPSA) is 43.1 Å². The van der Waals surface area contributed by atoms with Gasteiger partial charge in [0.1, 0.15) is 5.78 Å². The number of ketones is 1. The van der Waals surface area contributed by atoms with Gasteiger partial charge in [-0.25, -0.2) is 0 Å². The standard InChI is InChI=1S/C12H16BrNO/c1-2-11(14)8-12(15)7-9-3-5-10(13)6-4-9/h3-6,11H,2,7-8,14H2,1H3. The second-order valence-electron chi connectivity index (χ2n) is 3.71. The third-order valence-electron chi connectivity index (χ3n) is 2.33. The highest BCUT2D eigenvalue weighted by molar-refractivity contribution is 9.10. The van der Waals surface area contributed by atoms with Crippen molar-refractivity contribution >= 4 is 21.7 Å². The van der Waals surface area contributed by atoms with Crippen LogP contribution in [0.2, 0.25) is 0 Å². The highest BCUT2D eigenvalue weighted by atomic mass is 79.9. The highest BCUT2D eigenvalue weighted by Crippen LogP contribution is 2.11. The van der Waals surface area contributed by atoms with E-state index in [9.17, 15) is 4.79 Å². The summed E-state index contributed by atoms with van der Waals surface area (Å²) in [4.78, 5) is 11.6. The van der Waals surface area contributed by atoms with E-state index in [4.69, 9.17) is 5.73 Å². The predicted molar refractivity (Wildman–Crippen MR) is 65.7 cm³/mol. The van der Waals surface area contributed by atoms with Crippen LogP contribution >= 0.6 is 15.9 Å². The van der Waals surface area contributed by atoms with Crippen LogP contribution in [0.1, 0.15) is 25.3 Å². The summed E-state index contributed by atoms with van der Waals surface area (Å²) >= 11 is 3.36. The first kappa shape index (κ1) is 12.4. The molecule has 2 nitrogen and oxygen atoms in total. The van der Waals surface area contributed by atoms with Crippen LogP contribution in [0.25, 0.3) is 0 Å². The molecule has 2 N–H and O–H groups in total. The third kappa shape index (κ3) is 4.58. The van der Waals surface area contributed by atoms with E-state index in [0.29, 0.717) is 12.8 Å². The quantitative estimate of drug-likeness (QED) is 0.893. The van der Waals surface area contributed by atoms with Crippen LogP contribution in [-0.4, -0.2) is 11.8 Å². The summed E-state index contributed by atoms with van der Waals surface area (Å²) in [5.41, 5.74) is 6.77. The van der Waals surface area contributed by atoms with Gasteiger partial charge in [-0.15, -0.1) is 0 Å². The molecule has 0 spiro atoms. The first-order valence-corrected chi connectivity index (χ1v) is 5.93. The molecule has 0 radical (unpaired) electrons. The lowest BCUT2D eigenvalue weighted by atomic mass is 10.0. The average Bonchev–Trinajstić information content (AvgIpc) is 2.21. The zero-order chi connectivity index (χ0) is 11.3. The lowest BCUT2D eigenvalue weighted by Crippen LogP contribution is -2.23. The molecule has 15 heavy (non-hydrogen) atoms. The first-order valence-electron chi connectivity index (χ1n) is 5.13. The number of Topliss-reactive ketones (excluding diaryl/α,β-unsaturated/α-hetero) is 1. The maximum absolute atomic E-state index is 11.6. The lowest BCUT2D eigenvalue weighted by molar-refractivity contribution is -0.118. The van der Waals surface area contributed by atoms with Crippen LogP contribution < -0.4 is 5.73 Å². The van der Waals surface area contributed by atoms with Gasteiger partial charge in [0, 0.05) is 23.4 Å². The van der Waals surface area contributed by atoms with Gasteiger partial charge in [0.25, 0.3) is 0 Å². The summed E-state index contributed by atoms with van der Waals surface area (Å²) < 4.78 is 1.03. The zero-order valence-corrected chi connectivity index (χ0v) is 10.5. The normalized spacial score (nSPS) is 12.5. The molecule has 1 unspecified atom stereocenters. The molecule has 3 heteroatoms. The van der Waals surface area contributed by atoms with E-state index < -0.39 is 0 Å². The molecule has 1 aromatic carbocycles. The zero-order valence-electron chi connectivity index (χ0n) is 8.87. The molecule has 0 aliphatic heterocycles. The van der Waals surface area contributed by atoms with Crippen molar-refractivity contribution in [3.05, 3.63) is 34.3 Å². The van der Waals surface area contributed by atoms with E-state index >= 15 is 0 Å². The van der Waals surface area contributed by atoms with Gasteiger partial charge in [-0.2, -0.15) is 0 Å². The van der Waals surface area contributed by atoms with E-state index in [2.05, 4.69) is 15.9 Å². The molecule has 1 aromatic rings. The molecule has 0 saturated heterocycles. The molecule has 0 aliphatic carbocycles. The third-order valence-corrected chi connectivity index (χ3v) is 2.86. The smallest absolute Gasteiger partial charge is 0.138 e. The van der Waals surface area contributed by atoms with Gasteiger partial charge in [0.05, 0.1) is 0 Å². The molecule has 1 atom stereocenters. The number of carbonyl (C=O) groups is 1. The Balaban J connectivity index is 2.48. The summed E-state index contributed by atoms with van der Waals surface area (Å²) in [5, 5.41) is 0. The van der Waals surface area contributed by atoms with Crippen molar-refractivity contribution in [1.29, 1.82) is 0 Å². The maximum Gasteiger partial charge on any atom is 0.138 e. The van der Waals surface area contributed by atoms with E-state index in [1.807, 2.05) is 31.2 Å². The fourth-order valence-corrected chi connectivity index (χ4v) is 1.60. The van der Waals surface area contributed by atoms with Crippen molar-refractivity contribution in [2.75, 3.05) is 0 Å². The molecule has 0 bridgehead atoms. The molecule has 0 saturated carbocycles. The van der Waals surface area contributed by atoms with Crippen molar-refractivity contribution < 1.29 is 4.79 Å². The average molecular weight is 270 g/mol.